The molecular formula is C17H33ClN2O. The summed E-state index contributed by atoms with van der Waals surface area (Å²) < 4.78 is 0. The van der Waals surface area contributed by atoms with E-state index in [2.05, 4.69) is 17.6 Å². The van der Waals surface area contributed by atoms with Gasteiger partial charge in [0, 0.05) is 12.5 Å². The Bertz CT molecular complexity index is 287. The molecule has 2 atom stereocenters. The van der Waals surface area contributed by atoms with Gasteiger partial charge in [-0.05, 0) is 57.0 Å². The van der Waals surface area contributed by atoms with Crippen LogP contribution in [-0.4, -0.2) is 25.5 Å². The van der Waals surface area contributed by atoms with Crippen LogP contribution in [0.5, 0.6) is 0 Å². The largest absolute Gasteiger partial charge is 0.356 e. The molecule has 4 heteroatoms. The van der Waals surface area contributed by atoms with Crippen molar-refractivity contribution >= 4 is 18.3 Å². The van der Waals surface area contributed by atoms with Gasteiger partial charge in [0.1, 0.15) is 0 Å². The van der Waals surface area contributed by atoms with Crippen molar-refractivity contribution in [2.24, 2.45) is 17.8 Å². The lowest BCUT2D eigenvalue weighted by Gasteiger charge is -2.23. The third-order valence-corrected chi connectivity index (χ3v) is 5.21. The molecule has 0 aromatic carbocycles. The van der Waals surface area contributed by atoms with Crippen molar-refractivity contribution in [2.45, 2.75) is 64.7 Å². The van der Waals surface area contributed by atoms with Crippen LogP contribution in [0.15, 0.2) is 0 Å². The molecule has 2 N–H and O–H groups in total. The molecule has 1 saturated heterocycles. The van der Waals surface area contributed by atoms with Crippen molar-refractivity contribution in [3.8, 4) is 0 Å². The van der Waals surface area contributed by atoms with Crippen LogP contribution in [-0.2, 0) is 4.79 Å². The van der Waals surface area contributed by atoms with E-state index in [0.717, 1.165) is 44.2 Å². The molecule has 0 aromatic rings. The smallest absolute Gasteiger partial charge is 0.223 e. The number of carbonyl (C=O) groups excluding carboxylic acids is 1. The Balaban J connectivity index is 0.00000220. The minimum atomic E-state index is 0. The maximum Gasteiger partial charge on any atom is 0.223 e. The molecule has 1 amide bonds. The van der Waals surface area contributed by atoms with Gasteiger partial charge >= 0.3 is 0 Å². The van der Waals surface area contributed by atoms with E-state index in [1.807, 2.05) is 0 Å². The van der Waals surface area contributed by atoms with Gasteiger partial charge in [0.25, 0.3) is 0 Å². The number of hydrogen-bond donors (Lipinski definition) is 2. The van der Waals surface area contributed by atoms with Gasteiger partial charge in [0.05, 0.1) is 0 Å². The molecule has 1 heterocycles. The van der Waals surface area contributed by atoms with E-state index in [0.29, 0.717) is 5.91 Å². The van der Waals surface area contributed by atoms with E-state index in [-0.39, 0.29) is 18.3 Å². The standard InChI is InChI=1S/C17H32N2O.ClH/c1-2-16(12-14-6-3-4-7-14)17(20)19-11-9-15-8-5-10-18-13-15;/h14-16,18H,2-13H2,1H3,(H,19,20);1H. The quantitative estimate of drug-likeness (QED) is 0.754. The van der Waals surface area contributed by atoms with Crippen molar-refractivity contribution in [2.75, 3.05) is 19.6 Å². The molecule has 1 saturated carbocycles. The highest BCUT2D eigenvalue weighted by Gasteiger charge is 2.23. The molecule has 124 valence electrons. The van der Waals surface area contributed by atoms with Gasteiger partial charge in [-0.1, -0.05) is 32.6 Å². The highest BCUT2D eigenvalue weighted by Crippen LogP contribution is 2.31. The fraction of sp³-hybridized carbons (Fsp3) is 0.941. The highest BCUT2D eigenvalue weighted by molar-refractivity contribution is 5.85. The molecule has 2 fully saturated rings. The van der Waals surface area contributed by atoms with E-state index < -0.39 is 0 Å². The number of piperidine rings is 1. The molecule has 2 unspecified atom stereocenters. The maximum absolute atomic E-state index is 12.3. The second-order valence-electron chi connectivity index (χ2n) is 6.78. The molecule has 2 rings (SSSR count). The average molecular weight is 317 g/mol. The van der Waals surface area contributed by atoms with Crippen LogP contribution in [0.25, 0.3) is 0 Å². The van der Waals surface area contributed by atoms with Gasteiger partial charge in [-0.15, -0.1) is 12.4 Å². The summed E-state index contributed by atoms with van der Waals surface area (Å²) in [4.78, 5) is 12.3. The summed E-state index contributed by atoms with van der Waals surface area (Å²) in [5.41, 5.74) is 0. The zero-order valence-electron chi connectivity index (χ0n) is 13.5. The van der Waals surface area contributed by atoms with Crippen molar-refractivity contribution in [1.82, 2.24) is 10.6 Å². The molecule has 1 aliphatic heterocycles. The van der Waals surface area contributed by atoms with E-state index in [1.54, 1.807) is 0 Å². The van der Waals surface area contributed by atoms with Crippen LogP contribution in [0.1, 0.15) is 64.7 Å². The van der Waals surface area contributed by atoms with Crippen LogP contribution in [0.2, 0.25) is 0 Å². The number of rotatable bonds is 7. The molecule has 0 bridgehead atoms. The molecule has 21 heavy (non-hydrogen) atoms. The SMILES string of the molecule is CCC(CC1CCCC1)C(=O)NCCC1CCCNC1.Cl. The summed E-state index contributed by atoms with van der Waals surface area (Å²) in [5.74, 6) is 2.14. The molecule has 2 aliphatic rings. The Morgan fingerprint density at radius 3 is 2.52 bits per heavy atom. The Labute approximate surface area is 136 Å². The molecule has 0 radical (unpaired) electrons. The van der Waals surface area contributed by atoms with Gasteiger partial charge in [-0.3, -0.25) is 4.79 Å². The third-order valence-electron chi connectivity index (χ3n) is 5.21. The molecule has 0 aromatic heterocycles. The number of halogens is 1. The second-order valence-corrected chi connectivity index (χ2v) is 6.78. The summed E-state index contributed by atoms with van der Waals surface area (Å²) in [5, 5.41) is 6.63. The average Bonchev–Trinajstić information content (AvgIpc) is 2.98. The normalized spacial score (nSPS) is 24.3. The zero-order chi connectivity index (χ0) is 14.2. The summed E-state index contributed by atoms with van der Waals surface area (Å²) in [6.45, 7) is 5.33. The fourth-order valence-corrected chi connectivity index (χ4v) is 3.82. The van der Waals surface area contributed by atoms with Gasteiger partial charge in [-0.2, -0.15) is 0 Å². The summed E-state index contributed by atoms with van der Waals surface area (Å²) in [7, 11) is 0. The van der Waals surface area contributed by atoms with Gasteiger partial charge < -0.3 is 10.6 Å². The van der Waals surface area contributed by atoms with Gasteiger partial charge in [0.2, 0.25) is 5.91 Å². The van der Waals surface area contributed by atoms with Crippen LogP contribution in [0.4, 0.5) is 0 Å². The third kappa shape index (κ3) is 6.56. The summed E-state index contributed by atoms with van der Waals surface area (Å²) >= 11 is 0. The van der Waals surface area contributed by atoms with Crippen molar-refractivity contribution in [3.63, 3.8) is 0 Å². The van der Waals surface area contributed by atoms with E-state index in [9.17, 15) is 4.79 Å². The number of carbonyl (C=O) groups is 1. The van der Waals surface area contributed by atoms with Crippen molar-refractivity contribution < 1.29 is 4.79 Å². The zero-order valence-corrected chi connectivity index (χ0v) is 14.4. The predicted octanol–water partition coefficient (Wildman–Crippen LogP) is 3.52. The van der Waals surface area contributed by atoms with Crippen molar-refractivity contribution in [1.29, 1.82) is 0 Å². The van der Waals surface area contributed by atoms with Crippen LogP contribution < -0.4 is 10.6 Å². The number of nitrogens with one attached hydrogen (secondary N) is 2. The minimum Gasteiger partial charge on any atom is -0.356 e. The van der Waals surface area contributed by atoms with Crippen molar-refractivity contribution in [3.05, 3.63) is 0 Å². The highest BCUT2D eigenvalue weighted by atomic mass is 35.5. The Morgan fingerprint density at radius 1 is 1.19 bits per heavy atom. The maximum atomic E-state index is 12.3. The fourth-order valence-electron chi connectivity index (χ4n) is 3.82. The first kappa shape index (κ1) is 18.8. The lowest BCUT2D eigenvalue weighted by atomic mass is 9.90. The first-order valence-corrected chi connectivity index (χ1v) is 8.78. The van der Waals surface area contributed by atoms with Crippen LogP contribution in [0.3, 0.4) is 0 Å². The van der Waals surface area contributed by atoms with Crippen LogP contribution in [0, 0.1) is 17.8 Å². The topological polar surface area (TPSA) is 41.1 Å². The van der Waals surface area contributed by atoms with Gasteiger partial charge in [0.15, 0.2) is 0 Å². The Hall–Kier alpha value is -0.280. The Morgan fingerprint density at radius 2 is 1.90 bits per heavy atom. The van der Waals surface area contributed by atoms with E-state index >= 15 is 0 Å². The first-order chi connectivity index (χ1) is 9.79. The number of hydrogen-bond acceptors (Lipinski definition) is 2. The lowest BCUT2D eigenvalue weighted by Crippen LogP contribution is -2.35. The molecule has 3 nitrogen and oxygen atoms in total. The van der Waals surface area contributed by atoms with Gasteiger partial charge in [-0.25, -0.2) is 0 Å². The molecule has 1 aliphatic carbocycles. The lowest BCUT2D eigenvalue weighted by molar-refractivity contribution is -0.125. The van der Waals surface area contributed by atoms with E-state index in [4.69, 9.17) is 0 Å². The predicted molar refractivity (Wildman–Crippen MR) is 90.8 cm³/mol. The number of amides is 1. The molecular weight excluding hydrogens is 284 g/mol. The van der Waals surface area contributed by atoms with Crippen LogP contribution >= 0.6 is 12.4 Å². The monoisotopic (exact) mass is 316 g/mol. The minimum absolute atomic E-state index is 0. The van der Waals surface area contributed by atoms with E-state index in [1.165, 1.54) is 45.1 Å². The summed E-state index contributed by atoms with van der Waals surface area (Å²) in [6, 6.07) is 0. The summed E-state index contributed by atoms with van der Waals surface area (Å²) in [6.07, 6.45) is 11.3. The second kappa shape index (κ2) is 10.4. The first-order valence-electron chi connectivity index (χ1n) is 8.78. The Kier molecular flexibility index (Phi) is 9.34. The molecule has 0 spiro atoms.